The molecule has 1 aromatic carbocycles. The van der Waals surface area contributed by atoms with Crippen LogP contribution in [0.5, 0.6) is 0 Å². The van der Waals surface area contributed by atoms with E-state index in [4.69, 9.17) is 4.42 Å². The number of hydrogen-bond acceptors (Lipinski definition) is 2. The second kappa shape index (κ2) is 5.19. The summed E-state index contributed by atoms with van der Waals surface area (Å²) in [5, 5.41) is 9.23. The van der Waals surface area contributed by atoms with Gasteiger partial charge in [0.25, 0.3) is 0 Å². The quantitative estimate of drug-likeness (QED) is 0.871. The molecular formula is C15H18O2. The summed E-state index contributed by atoms with van der Waals surface area (Å²) in [5.41, 5.74) is 2.34. The molecular weight excluding hydrogens is 212 g/mol. The van der Waals surface area contributed by atoms with Crippen LogP contribution >= 0.6 is 0 Å². The highest BCUT2D eigenvalue weighted by Gasteiger charge is 2.05. The van der Waals surface area contributed by atoms with Crippen LogP contribution in [0, 0.1) is 6.92 Å². The van der Waals surface area contributed by atoms with Gasteiger partial charge in [-0.1, -0.05) is 29.8 Å². The molecule has 0 saturated carbocycles. The van der Waals surface area contributed by atoms with Crippen molar-refractivity contribution in [1.82, 2.24) is 0 Å². The summed E-state index contributed by atoms with van der Waals surface area (Å²) < 4.78 is 5.75. The lowest BCUT2D eigenvalue weighted by atomic mass is 10.1. The van der Waals surface area contributed by atoms with Gasteiger partial charge in [0.2, 0.25) is 0 Å². The molecule has 0 radical (unpaired) electrons. The highest BCUT2D eigenvalue weighted by molar-refractivity contribution is 5.57. The molecule has 1 N–H and O–H groups in total. The SMILES string of the molecule is Cc1ccc(-c2ccc(CC[C@H](C)O)o2)cc1. The molecule has 0 unspecified atom stereocenters. The third-order valence-corrected chi connectivity index (χ3v) is 2.81. The molecule has 1 aromatic heterocycles. The van der Waals surface area contributed by atoms with Crippen LogP contribution in [-0.2, 0) is 6.42 Å². The van der Waals surface area contributed by atoms with Gasteiger partial charge in [0.05, 0.1) is 6.10 Å². The first-order valence-electron chi connectivity index (χ1n) is 5.99. The van der Waals surface area contributed by atoms with Crippen LogP contribution in [0.15, 0.2) is 40.8 Å². The third kappa shape index (κ3) is 3.21. The van der Waals surface area contributed by atoms with Crippen molar-refractivity contribution in [2.45, 2.75) is 32.8 Å². The minimum atomic E-state index is -0.275. The van der Waals surface area contributed by atoms with Gasteiger partial charge in [-0.3, -0.25) is 0 Å². The monoisotopic (exact) mass is 230 g/mol. The van der Waals surface area contributed by atoms with E-state index in [1.807, 2.05) is 12.1 Å². The highest BCUT2D eigenvalue weighted by Crippen LogP contribution is 2.23. The van der Waals surface area contributed by atoms with E-state index in [0.717, 1.165) is 29.9 Å². The lowest BCUT2D eigenvalue weighted by molar-refractivity contribution is 0.182. The van der Waals surface area contributed by atoms with Crippen LogP contribution in [0.4, 0.5) is 0 Å². The zero-order chi connectivity index (χ0) is 12.3. The zero-order valence-corrected chi connectivity index (χ0v) is 10.3. The van der Waals surface area contributed by atoms with Crippen molar-refractivity contribution in [3.63, 3.8) is 0 Å². The van der Waals surface area contributed by atoms with E-state index in [0.29, 0.717) is 0 Å². The molecule has 0 saturated heterocycles. The Morgan fingerprint density at radius 3 is 2.47 bits per heavy atom. The van der Waals surface area contributed by atoms with Gasteiger partial charge in [0.1, 0.15) is 11.5 Å². The van der Waals surface area contributed by atoms with Crippen molar-refractivity contribution in [3.8, 4) is 11.3 Å². The fraction of sp³-hybridized carbons (Fsp3) is 0.333. The number of aryl methyl sites for hydroxylation is 2. The van der Waals surface area contributed by atoms with Crippen molar-refractivity contribution >= 4 is 0 Å². The Morgan fingerprint density at radius 2 is 1.82 bits per heavy atom. The predicted octanol–water partition coefficient (Wildman–Crippen LogP) is 3.57. The van der Waals surface area contributed by atoms with Gasteiger partial charge in [0.15, 0.2) is 0 Å². The minimum absolute atomic E-state index is 0.275. The molecule has 0 spiro atoms. The number of rotatable bonds is 4. The molecule has 0 aliphatic carbocycles. The van der Waals surface area contributed by atoms with Gasteiger partial charge in [-0.05, 0) is 32.4 Å². The van der Waals surface area contributed by atoms with Gasteiger partial charge in [-0.2, -0.15) is 0 Å². The van der Waals surface area contributed by atoms with E-state index in [9.17, 15) is 5.11 Å². The summed E-state index contributed by atoms with van der Waals surface area (Å²) in [7, 11) is 0. The maximum atomic E-state index is 9.23. The molecule has 2 nitrogen and oxygen atoms in total. The molecule has 1 atom stereocenters. The van der Waals surface area contributed by atoms with Gasteiger partial charge in [-0.25, -0.2) is 0 Å². The summed E-state index contributed by atoms with van der Waals surface area (Å²) in [6.45, 7) is 3.86. The smallest absolute Gasteiger partial charge is 0.134 e. The number of benzene rings is 1. The average Bonchev–Trinajstić information content (AvgIpc) is 2.76. The molecule has 90 valence electrons. The second-order valence-electron chi connectivity index (χ2n) is 4.52. The topological polar surface area (TPSA) is 33.4 Å². The third-order valence-electron chi connectivity index (χ3n) is 2.81. The Kier molecular flexibility index (Phi) is 3.64. The Hall–Kier alpha value is -1.54. The van der Waals surface area contributed by atoms with E-state index < -0.39 is 0 Å². The Labute approximate surface area is 102 Å². The van der Waals surface area contributed by atoms with Crippen molar-refractivity contribution < 1.29 is 9.52 Å². The lowest BCUT2D eigenvalue weighted by Gasteiger charge is -2.01. The predicted molar refractivity (Wildman–Crippen MR) is 68.9 cm³/mol. The maximum Gasteiger partial charge on any atom is 0.134 e. The molecule has 2 rings (SSSR count). The van der Waals surface area contributed by atoms with Gasteiger partial charge in [0, 0.05) is 12.0 Å². The summed E-state index contributed by atoms with van der Waals surface area (Å²) in [4.78, 5) is 0. The Balaban J connectivity index is 2.10. The van der Waals surface area contributed by atoms with E-state index >= 15 is 0 Å². The minimum Gasteiger partial charge on any atom is -0.461 e. The Morgan fingerprint density at radius 1 is 1.12 bits per heavy atom. The van der Waals surface area contributed by atoms with E-state index in [-0.39, 0.29) is 6.10 Å². The number of hydrogen-bond donors (Lipinski definition) is 1. The fourth-order valence-electron chi connectivity index (χ4n) is 1.74. The molecule has 0 amide bonds. The molecule has 0 aliphatic rings. The molecule has 1 heterocycles. The first kappa shape index (κ1) is 11.9. The normalized spacial score (nSPS) is 12.6. The van der Waals surface area contributed by atoms with Crippen LogP contribution in [0.3, 0.4) is 0 Å². The molecule has 0 aliphatic heterocycles. The summed E-state index contributed by atoms with van der Waals surface area (Å²) in [5.74, 6) is 1.83. The van der Waals surface area contributed by atoms with E-state index in [1.54, 1.807) is 6.92 Å². The van der Waals surface area contributed by atoms with Gasteiger partial charge < -0.3 is 9.52 Å². The van der Waals surface area contributed by atoms with Crippen molar-refractivity contribution in [2.24, 2.45) is 0 Å². The summed E-state index contributed by atoms with van der Waals surface area (Å²) in [6.07, 6.45) is 1.24. The molecule has 0 bridgehead atoms. The maximum absolute atomic E-state index is 9.23. The number of aliphatic hydroxyl groups excluding tert-OH is 1. The first-order chi connectivity index (χ1) is 8.15. The number of furan rings is 1. The number of aliphatic hydroxyl groups is 1. The van der Waals surface area contributed by atoms with Crippen LogP contribution in [0.1, 0.15) is 24.7 Å². The van der Waals surface area contributed by atoms with Gasteiger partial charge >= 0.3 is 0 Å². The molecule has 2 aromatic rings. The van der Waals surface area contributed by atoms with Crippen LogP contribution < -0.4 is 0 Å². The van der Waals surface area contributed by atoms with E-state index in [2.05, 4.69) is 31.2 Å². The average molecular weight is 230 g/mol. The van der Waals surface area contributed by atoms with Crippen molar-refractivity contribution in [1.29, 1.82) is 0 Å². The van der Waals surface area contributed by atoms with Crippen LogP contribution in [-0.4, -0.2) is 11.2 Å². The fourth-order valence-corrected chi connectivity index (χ4v) is 1.74. The Bertz CT molecular complexity index is 466. The second-order valence-corrected chi connectivity index (χ2v) is 4.52. The van der Waals surface area contributed by atoms with E-state index in [1.165, 1.54) is 5.56 Å². The van der Waals surface area contributed by atoms with Gasteiger partial charge in [-0.15, -0.1) is 0 Å². The molecule has 17 heavy (non-hydrogen) atoms. The highest BCUT2D eigenvalue weighted by atomic mass is 16.3. The summed E-state index contributed by atoms with van der Waals surface area (Å²) in [6, 6.07) is 12.2. The van der Waals surface area contributed by atoms with Crippen molar-refractivity contribution in [3.05, 3.63) is 47.7 Å². The largest absolute Gasteiger partial charge is 0.461 e. The first-order valence-corrected chi connectivity index (χ1v) is 5.99. The van der Waals surface area contributed by atoms with Crippen LogP contribution in [0.25, 0.3) is 11.3 Å². The standard InChI is InChI=1S/C15H18O2/c1-11-3-6-13(7-4-11)15-10-9-14(17-15)8-5-12(2)16/h3-4,6-7,9-10,12,16H,5,8H2,1-2H3/t12-/m0/s1. The summed E-state index contributed by atoms with van der Waals surface area (Å²) >= 11 is 0. The lowest BCUT2D eigenvalue weighted by Crippen LogP contribution is -2.00. The zero-order valence-electron chi connectivity index (χ0n) is 10.3. The van der Waals surface area contributed by atoms with Crippen LogP contribution in [0.2, 0.25) is 0 Å². The molecule has 2 heteroatoms. The molecule has 0 fully saturated rings. The van der Waals surface area contributed by atoms with Crippen molar-refractivity contribution in [2.75, 3.05) is 0 Å².